The monoisotopic (exact) mass is 293 g/mol. The molecular weight excluding hydrogens is 264 g/mol. The first-order valence-electron chi connectivity index (χ1n) is 7.07. The Morgan fingerprint density at radius 1 is 1.05 bits per heavy atom. The van der Waals surface area contributed by atoms with Crippen molar-refractivity contribution in [2.75, 3.05) is 19.8 Å². The Balaban J connectivity index is 3.97. The molecule has 0 aliphatic rings. The molecule has 120 valence electrons. The lowest BCUT2D eigenvalue weighted by molar-refractivity contribution is -0.147. The molecule has 1 N–H and O–H groups in total. The average molecular weight is 293 g/mol. The Kier molecular flexibility index (Phi) is 7.08. The summed E-state index contributed by atoms with van der Waals surface area (Å²) < 4.78 is 32.5. The molecular formula is C15H29F2NO2. The van der Waals surface area contributed by atoms with Crippen molar-refractivity contribution in [2.45, 2.75) is 60.3 Å². The number of amides is 1. The van der Waals surface area contributed by atoms with Gasteiger partial charge in [-0.2, -0.15) is 8.78 Å². The summed E-state index contributed by atoms with van der Waals surface area (Å²) in [6.45, 7) is 12.7. The van der Waals surface area contributed by atoms with Gasteiger partial charge < -0.3 is 10.1 Å². The average Bonchev–Trinajstić information content (AvgIpc) is 2.22. The fourth-order valence-electron chi connectivity index (χ4n) is 1.36. The van der Waals surface area contributed by atoms with E-state index in [4.69, 9.17) is 4.74 Å². The van der Waals surface area contributed by atoms with Crippen molar-refractivity contribution >= 4 is 5.91 Å². The molecule has 0 fully saturated rings. The minimum Gasteiger partial charge on any atom is -0.381 e. The van der Waals surface area contributed by atoms with Gasteiger partial charge in [0, 0.05) is 19.6 Å². The lowest BCUT2D eigenvalue weighted by Gasteiger charge is -2.22. The second-order valence-corrected chi connectivity index (χ2v) is 7.66. The molecule has 0 saturated heterocycles. The second-order valence-electron chi connectivity index (χ2n) is 7.66. The number of ether oxygens (including phenoxy) is 1. The maximum absolute atomic E-state index is 13.6. The summed E-state index contributed by atoms with van der Waals surface area (Å²) in [5.74, 6) is -4.51. The van der Waals surface area contributed by atoms with Crippen LogP contribution in [0.25, 0.3) is 0 Å². The number of halogens is 2. The number of alkyl halides is 2. The SMILES string of the molecule is CC(C)(C)CNC(=O)C(F)(F)CCCOCC(C)(C)C. The summed E-state index contributed by atoms with van der Waals surface area (Å²) in [6.07, 6.45) is -0.306. The Morgan fingerprint density at radius 3 is 2.05 bits per heavy atom. The Morgan fingerprint density at radius 2 is 1.60 bits per heavy atom. The highest BCUT2D eigenvalue weighted by molar-refractivity contribution is 5.83. The standard InChI is InChI=1S/C15H29F2NO2/c1-13(2,3)10-18-12(19)15(16,17)8-7-9-20-11-14(4,5)6/h7-11H2,1-6H3,(H,18,19). The minimum absolute atomic E-state index is 0.0204. The predicted octanol–water partition coefficient (Wildman–Crippen LogP) is 3.63. The zero-order valence-corrected chi connectivity index (χ0v) is 13.6. The van der Waals surface area contributed by atoms with Crippen LogP contribution >= 0.6 is 0 Å². The number of hydrogen-bond donors (Lipinski definition) is 1. The summed E-state index contributed by atoms with van der Waals surface area (Å²) in [6, 6.07) is 0. The summed E-state index contributed by atoms with van der Waals surface area (Å²) in [5.41, 5.74) is -0.186. The van der Waals surface area contributed by atoms with Crippen LogP contribution in [0.1, 0.15) is 54.4 Å². The molecule has 0 aromatic rings. The largest absolute Gasteiger partial charge is 0.381 e. The van der Waals surface area contributed by atoms with Gasteiger partial charge in [-0.25, -0.2) is 0 Å². The predicted molar refractivity (Wildman–Crippen MR) is 76.9 cm³/mol. The lowest BCUT2D eigenvalue weighted by atomic mass is 9.97. The summed E-state index contributed by atoms with van der Waals surface area (Å²) in [5, 5.41) is 2.30. The molecule has 0 aliphatic carbocycles. The van der Waals surface area contributed by atoms with Crippen LogP contribution in [0.5, 0.6) is 0 Å². The van der Waals surface area contributed by atoms with Crippen molar-refractivity contribution in [3.8, 4) is 0 Å². The van der Waals surface area contributed by atoms with E-state index in [1.54, 1.807) is 0 Å². The van der Waals surface area contributed by atoms with Crippen LogP contribution < -0.4 is 5.32 Å². The molecule has 0 rings (SSSR count). The number of carbonyl (C=O) groups excluding carboxylic acids is 1. The molecule has 20 heavy (non-hydrogen) atoms. The van der Waals surface area contributed by atoms with Gasteiger partial charge in [-0.3, -0.25) is 4.79 Å². The van der Waals surface area contributed by atoms with Gasteiger partial charge in [0.05, 0.1) is 6.61 Å². The Labute approximate surface area is 121 Å². The third-order valence-electron chi connectivity index (χ3n) is 2.43. The van der Waals surface area contributed by atoms with E-state index in [1.165, 1.54) is 0 Å². The Hall–Kier alpha value is -0.710. The van der Waals surface area contributed by atoms with E-state index in [-0.39, 0.29) is 30.4 Å². The van der Waals surface area contributed by atoms with Crippen LogP contribution in [0.4, 0.5) is 8.78 Å². The zero-order chi connectivity index (χ0) is 16.0. The smallest absolute Gasteiger partial charge is 0.324 e. The van der Waals surface area contributed by atoms with E-state index in [1.807, 2.05) is 41.5 Å². The van der Waals surface area contributed by atoms with Gasteiger partial charge in [-0.05, 0) is 17.3 Å². The third-order valence-corrected chi connectivity index (χ3v) is 2.43. The van der Waals surface area contributed by atoms with Gasteiger partial charge in [0.1, 0.15) is 0 Å². The van der Waals surface area contributed by atoms with E-state index in [0.29, 0.717) is 6.61 Å². The molecule has 0 atom stereocenters. The minimum atomic E-state index is -3.32. The van der Waals surface area contributed by atoms with E-state index >= 15 is 0 Å². The van der Waals surface area contributed by atoms with Gasteiger partial charge in [0.25, 0.3) is 5.91 Å². The number of carbonyl (C=O) groups is 1. The van der Waals surface area contributed by atoms with Crippen molar-refractivity contribution < 1.29 is 18.3 Å². The van der Waals surface area contributed by atoms with Crippen molar-refractivity contribution in [2.24, 2.45) is 10.8 Å². The van der Waals surface area contributed by atoms with Crippen LogP contribution in [-0.2, 0) is 9.53 Å². The molecule has 0 radical (unpaired) electrons. The summed E-state index contributed by atoms with van der Waals surface area (Å²) in [4.78, 5) is 11.4. The summed E-state index contributed by atoms with van der Waals surface area (Å²) in [7, 11) is 0. The molecule has 0 aromatic carbocycles. The van der Waals surface area contributed by atoms with E-state index in [0.717, 1.165) is 0 Å². The highest BCUT2D eigenvalue weighted by Gasteiger charge is 2.38. The van der Waals surface area contributed by atoms with Crippen LogP contribution in [0, 0.1) is 10.8 Å². The highest BCUT2D eigenvalue weighted by Crippen LogP contribution is 2.22. The third kappa shape index (κ3) is 10.1. The fourth-order valence-corrected chi connectivity index (χ4v) is 1.36. The molecule has 0 aromatic heterocycles. The van der Waals surface area contributed by atoms with Crippen LogP contribution in [0.15, 0.2) is 0 Å². The quantitative estimate of drug-likeness (QED) is 0.728. The van der Waals surface area contributed by atoms with Crippen molar-refractivity contribution in [1.29, 1.82) is 0 Å². The van der Waals surface area contributed by atoms with Gasteiger partial charge in [0.2, 0.25) is 0 Å². The highest BCUT2D eigenvalue weighted by atomic mass is 19.3. The van der Waals surface area contributed by atoms with Gasteiger partial charge in [-0.15, -0.1) is 0 Å². The Bertz CT molecular complexity index is 304. The van der Waals surface area contributed by atoms with Gasteiger partial charge in [-0.1, -0.05) is 41.5 Å². The number of hydrogen-bond acceptors (Lipinski definition) is 2. The van der Waals surface area contributed by atoms with Gasteiger partial charge >= 0.3 is 5.92 Å². The second kappa shape index (κ2) is 7.34. The molecule has 0 saturated carbocycles. The fraction of sp³-hybridized carbons (Fsp3) is 0.933. The molecule has 0 unspecified atom stereocenters. The van der Waals surface area contributed by atoms with Crippen LogP contribution in [0.2, 0.25) is 0 Å². The van der Waals surface area contributed by atoms with Crippen molar-refractivity contribution in [3.63, 3.8) is 0 Å². The summed E-state index contributed by atoms with van der Waals surface area (Å²) >= 11 is 0. The molecule has 5 heteroatoms. The maximum atomic E-state index is 13.6. The van der Waals surface area contributed by atoms with Crippen molar-refractivity contribution in [1.82, 2.24) is 5.32 Å². The van der Waals surface area contributed by atoms with Crippen LogP contribution in [0.3, 0.4) is 0 Å². The zero-order valence-electron chi connectivity index (χ0n) is 13.6. The molecule has 0 aliphatic heterocycles. The molecule has 0 bridgehead atoms. The van der Waals surface area contributed by atoms with E-state index in [9.17, 15) is 13.6 Å². The molecule has 3 nitrogen and oxygen atoms in total. The van der Waals surface area contributed by atoms with Crippen molar-refractivity contribution in [3.05, 3.63) is 0 Å². The molecule has 0 heterocycles. The van der Waals surface area contributed by atoms with Gasteiger partial charge in [0.15, 0.2) is 0 Å². The van der Waals surface area contributed by atoms with E-state index in [2.05, 4.69) is 5.32 Å². The first kappa shape index (κ1) is 19.3. The maximum Gasteiger partial charge on any atom is 0.324 e. The first-order valence-corrected chi connectivity index (χ1v) is 7.07. The normalized spacial score (nSPS) is 13.4. The van der Waals surface area contributed by atoms with Crippen LogP contribution in [-0.4, -0.2) is 31.6 Å². The number of nitrogens with one attached hydrogen (secondary N) is 1. The van der Waals surface area contributed by atoms with E-state index < -0.39 is 18.3 Å². The number of rotatable bonds is 7. The topological polar surface area (TPSA) is 38.3 Å². The molecule has 0 spiro atoms. The lowest BCUT2D eigenvalue weighted by Crippen LogP contribution is -2.43. The first-order chi connectivity index (χ1) is 8.83. The molecule has 1 amide bonds.